The first-order chi connectivity index (χ1) is 8.11. The highest BCUT2D eigenvalue weighted by Gasteiger charge is 2.06. The lowest BCUT2D eigenvalue weighted by Gasteiger charge is -2.09. The molecule has 0 aliphatic heterocycles. The molecule has 1 heterocycles. The number of rotatable bonds is 4. The lowest BCUT2D eigenvalue weighted by molar-refractivity contribution is 0.105. The number of nitrogens with zero attached hydrogens (tertiary/aromatic N) is 2. The molecule has 0 aliphatic carbocycles. The Morgan fingerprint density at radius 3 is 2.94 bits per heavy atom. The maximum absolute atomic E-state index is 9.25. The van der Waals surface area contributed by atoms with Gasteiger partial charge in [0.2, 0.25) is 0 Å². The predicted molar refractivity (Wildman–Crippen MR) is 67.0 cm³/mol. The van der Waals surface area contributed by atoms with Crippen molar-refractivity contribution >= 4 is 16.6 Å². The average Bonchev–Trinajstić information content (AvgIpc) is 2.62. The molecule has 0 amide bonds. The Kier molecular flexibility index (Phi) is 3.31. The molecule has 0 bridgehead atoms. The standard InChI is InChI=1S/C12H17N3O2/c1-8-11-4-3-9(13-6-10(17)7-16)5-12(11)14-15(8)2/h3-5,10,13,16-17H,6-7H2,1-2H3. The second-order valence-electron chi connectivity index (χ2n) is 4.16. The van der Waals surface area contributed by atoms with Gasteiger partial charge >= 0.3 is 0 Å². The van der Waals surface area contributed by atoms with Crippen LogP contribution in [0.5, 0.6) is 0 Å². The Morgan fingerprint density at radius 2 is 2.24 bits per heavy atom. The number of aliphatic hydroxyl groups excluding tert-OH is 2. The van der Waals surface area contributed by atoms with Crippen LogP contribution in [0.25, 0.3) is 10.9 Å². The molecule has 0 saturated heterocycles. The molecule has 92 valence electrons. The van der Waals surface area contributed by atoms with Crippen LogP contribution in [-0.2, 0) is 7.05 Å². The third-order valence-corrected chi connectivity index (χ3v) is 2.88. The Labute approximate surface area is 99.7 Å². The molecule has 2 rings (SSSR count). The molecule has 0 saturated carbocycles. The summed E-state index contributed by atoms with van der Waals surface area (Å²) in [7, 11) is 1.91. The van der Waals surface area contributed by atoms with E-state index in [2.05, 4.69) is 10.4 Å². The zero-order valence-corrected chi connectivity index (χ0v) is 10.0. The summed E-state index contributed by atoms with van der Waals surface area (Å²) in [6.45, 7) is 2.11. The van der Waals surface area contributed by atoms with E-state index in [1.54, 1.807) is 0 Å². The zero-order chi connectivity index (χ0) is 12.4. The Bertz CT molecular complexity index is 522. The molecular formula is C12H17N3O2. The van der Waals surface area contributed by atoms with Gasteiger partial charge in [-0.3, -0.25) is 4.68 Å². The largest absolute Gasteiger partial charge is 0.394 e. The number of aromatic nitrogens is 2. The van der Waals surface area contributed by atoms with Crippen molar-refractivity contribution in [2.45, 2.75) is 13.0 Å². The topological polar surface area (TPSA) is 70.3 Å². The van der Waals surface area contributed by atoms with Crippen molar-refractivity contribution in [3.63, 3.8) is 0 Å². The van der Waals surface area contributed by atoms with Crippen molar-refractivity contribution in [1.82, 2.24) is 9.78 Å². The lowest BCUT2D eigenvalue weighted by Crippen LogP contribution is -2.22. The van der Waals surface area contributed by atoms with Gasteiger partial charge in [0.05, 0.1) is 18.2 Å². The number of anilines is 1. The first-order valence-electron chi connectivity index (χ1n) is 5.58. The normalized spacial score (nSPS) is 12.9. The van der Waals surface area contributed by atoms with Crippen LogP contribution in [0.2, 0.25) is 0 Å². The van der Waals surface area contributed by atoms with E-state index in [0.717, 1.165) is 22.3 Å². The van der Waals surface area contributed by atoms with E-state index < -0.39 is 6.10 Å². The van der Waals surface area contributed by atoms with Gasteiger partial charge in [0.1, 0.15) is 0 Å². The van der Waals surface area contributed by atoms with E-state index >= 15 is 0 Å². The summed E-state index contributed by atoms with van der Waals surface area (Å²) in [6.07, 6.45) is -0.740. The zero-order valence-electron chi connectivity index (χ0n) is 10.0. The van der Waals surface area contributed by atoms with E-state index in [9.17, 15) is 5.11 Å². The quantitative estimate of drug-likeness (QED) is 0.727. The van der Waals surface area contributed by atoms with E-state index in [0.29, 0.717) is 6.54 Å². The molecule has 17 heavy (non-hydrogen) atoms. The van der Waals surface area contributed by atoms with Crippen LogP contribution in [0.3, 0.4) is 0 Å². The average molecular weight is 235 g/mol. The summed E-state index contributed by atoms with van der Waals surface area (Å²) in [5, 5.41) is 26.5. The first-order valence-corrected chi connectivity index (χ1v) is 5.58. The van der Waals surface area contributed by atoms with Gasteiger partial charge in [-0.1, -0.05) is 0 Å². The molecule has 0 spiro atoms. The maximum atomic E-state index is 9.25. The van der Waals surface area contributed by atoms with Crippen LogP contribution in [-0.4, -0.2) is 39.2 Å². The molecular weight excluding hydrogens is 218 g/mol. The molecule has 1 aromatic heterocycles. The summed E-state index contributed by atoms with van der Waals surface area (Å²) < 4.78 is 1.84. The number of benzene rings is 1. The third kappa shape index (κ3) is 2.40. The fraction of sp³-hybridized carbons (Fsp3) is 0.417. The monoisotopic (exact) mass is 235 g/mol. The highest BCUT2D eigenvalue weighted by molar-refractivity contribution is 5.84. The van der Waals surface area contributed by atoms with Crippen LogP contribution in [0.15, 0.2) is 18.2 Å². The minimum atomic E-state index is -0.740. The van der Waals surface area contributed by atoms with E-state index in [1.807, 2.05) is 36.9 Å². The number of aliphatic hydroxyl groups is 2. The number of hydrogen-bond donors (Lipinski definition) is 3. The van der Waals surface area contributed by atoms with Crippen molar-refractivity contribution in [2.24, 2.45) is 7.05 Å². The number of hydrogen-bond acceptors (Lipinski definition) is 4. The second kappa shape index (κ2) is 4.73. The second-order valence-corrected chi connectivity index (χ2v) is 4.16. The minimum absolute atomic E-state index is 0.238. The van der Waals surface area contributed by atoms with Gasteiger partial charge in [0, 0.05) is 30.4 Å². The van der Waals surface area contributed by atoms with E-state index in [1.165, 1.54) is 0 Å². The number of fused-ring (bicyclic) bond motifs is 1. The Hall–Kier alpha value is -1.59. The van der Waals surface area contributed by atoms with Crippen LogP contribution in [0.4, 0.5) is 5.69 Å². The van der Waals surface area contributed by atoms with Crippen LogP contribution >= 0.6 is 0 Å². The maximum Gasteiger partial charge on any atom is 0.0946 e. The SMILES string of the molecule is Cc1c2ccc(NCC(O)CO)cc2nn1C. The lowest BCUT2D eigenvalue weighted by atomic mass is 10.2. The van der Waals surface area contributed by atoms with Gasteiger partial charge in [0.25, 0.3) is 0 Å². The van der Waals surface area contributed by atoms with Crippen molar-refractivity contribution in [3.8, 4) is 0 Å². The van der Waals surface area contributed by atoms with Crippen molar-refractivity contribution < 1.29 is 10.2 Å². The Balaban J connectivity index is 2.20. The summed E-state index contributed by atoms with van der Waals surface area (Å²) in [4.78, 5) is 0. The van der Waals surface area contributed by atoms with Crippen LogP contribution < -0.4 is 5.32 Å². The van der Waals surface area contributed by atoms with Crippen molar-refractivity contribution in [3.05, 3.63) is 23.9 Å². The van der Waals surface area contributed by atoms with Gasteiger partial charge in [-0.15, -0.1) is 0 Å². The van der Waals surface area contributed by atoms with Gasteiger partial charge < -0.3 is 15.5 Å². The molecule has 5 heteroatoms. The molecule has 1 unspecified atom stereocenters. The predicted octanol–water partition coefficient (Wildman–Crippen LogP) is 0.647. The fourth-order valence-electron chi connectivity index (χ4n) is 1.74. The van der Waals surface area contributed by atoms with Crippen molar-refractivity contribution in [1.29, 1.82) is 0 Å². The van der Waals surface area contributed by atoms with Crippen LogP contribution in [0.1, 0.15) is 5.69 Å². The first kappa shape index (κ1) is 11.9. The number of nitrogens with one attached hydrogen (secondary N) is 1. The summed E-state index contributed by atoms with van der Waals surface area (Å²) >= 11 is 0. The van der Waals surface area contributed by atoms with Crippen molar-refractivity contribution in [2.75, 3.05) is 18.5 Å². The summed E-state index contributed by atoms with van der Waals surface area (Å²) in [5.74, 6) is 0. The summed E-state index contributed by atoms with van der Waals surface area (Å²) in [6, 6.07) is 5.89. The third-order valence-electron chi connectivity index (χ3n) is 2.88. The van der Waals surface area contributed by atoms with Crippen LogP contribution in [0, 0.1) is 6.92 Å². The highest BCUT2D eigenvalue weighted by atomic mass is 16.3. The van der Waals surface area contributed by atoms with E-state index in [4.69, 9.17) is 5.11 Å². The van der Waals surface area contributed by atoms with Gasteiger partial charge in [-0.2, -0.15) is 5.10 Å². The number of aryl methyl sites for hydroxylation is 2. The molecule has 0 fully saturated rings. The molecule has 3 N–H and O–H groups in total. The molecule has 1 aromatic carbocycles. The summed E-state index contributed by atoms with van der Waals surface area (Å²) in [5.41, 5.74) is 2.94. The van der Waals surface area contributed by atoms with Gasteiger partial charge in [0.15, 0.2) is 0 Å². The van der Waals surface area contributed by atoms with Gasteiger partial charge in [-0.25, -0.2) is 0 Å². The minimum Gasteiger partial charge on any atom is -0.394 e. The fourth-order valence-corrected chi connectivity index (χ4v) is 1.74. The highest BCUT2D eigenvalue weighted by Crippen LogP contribution is 2.20. The van der Waals surface area contributed by atoms with Gasteiger partial charge in [-0.05, 0) is 25.1 Å². The smallest absolute Gasteiger partial charge is 0.0946 e. The molecule has 0 aliphatic rings. The Morgan fingerprint density at radius 1 is 1.47 bits per heavy atom. The van der Waals surface area contributed by atoms with E-state index in [-0.39, 0.29) is 6.61 Å². The molecule has 0 radical (unpaired) electrons. The molecule has 1 atom stereocenters. The molecule has 2 aromatic rings. The molecule has 5 nitrogen and oxygen atoms in total.